The minimum absolute atomic E-state index is 0.0841. The molecule has 0 fully saturated rings. The van der Waals surface area contributed by atoms with Crippen molar-refractivity contribution in [3.05, 3.63) is 70.8 Å². The molecule has 0 aliphatic heterocycles. The van der Waals surface area contributed by atoms with Gasteiger partial charge in [0.15, 0.2) is 5.69 Å². The molecule has 0 aliphatic rings. The van der Waals surface area contributed by atoms with Gasteiger partial charge in [-0.1, -0.05) is 23.4 Å². The zero-order chi connectivity index (χ0) is 18.5. The van der Waals surface area contributed by atoms with Crippen LogP contribution in [0.4, 0.5) is 0 Å². The largest absolute Gasteiger partial charge is 0.508 e. The molecule has 0 saturated carbocycles. The third-order valence-corrected chi connectivity index (χ3v) is 4.71. The number of hydrogen-bond acceptors (Lipinski definition) is 5. The van der Waals surface area contributed by atoms with E-state index in [4.69, 9.17) is 4.42 Å². The predicted octanol–water partition coefficient (Wildman–Crippen LogP) is 3.54. The minimum atomic E-state index is -0.549. The van der Waals surface area contributed by atoms with E-state index in [1.54, 1.807) is 31.3 Å². The van der Waals surface area contributed by atoms with Crippen molar-refractivity contribution in [1.29, 1.82) is 0 Å². The number of aryl methyl sites for hydroxylation is 1. The molecule has 3 heterocycles. The highest BCUT2D eigenvalue weighted by Crippen LogP contribution is 2.28. The van der Waals surface area contributed by atoms with Crippen LogP contribution in [0, 0.1) is 6.92 Å². The summed E-state index contributed by atoms with van der Waals surface area (Å²) in [7, 11) is 0. The SMILES string of the molecule is Cc1c(O)ccc2cc(-n3cc(-c4c[nH]c5ccccc45)nn3)c(=O)oc12. The van der Waals surface area contributed by atoms with Crippen molar-refractivity contribution in [2.45, 2.75) is 6.92 Å². The van der Waals surface area contributed by atoms with Crippen LogP contribution in [-0.2, 0) is 0 Å². The quantitative estimate of drug-likeness (QED) is 0.471. The Kier molecular flexibility index (Phi) is 3.17. The minimum Gasteiger partial charge on any atom is -0.508 e. The van der Waals surface area contributed by atoms with E-state index in [1.807, 2.05) is 30.5 Å². The molecule has 5 aromatic rings. The Morgan fingerprint density at radius 3 is 2.93 bits per heavy atom. The molecule has 0 unspecified atom stereocenters. The van der Waals surface area contributed by atoms with E-state index in [-0.39, 0.29) is 11.4 Å². The number of hydrogen-bond donors (Lipinski definition) is 2. The van der Waals surface area contributed by atoms with Crippen LogP contribution in [0.15, 0.2) is 64.1 Å². The summed E-state index contributed by atoms with van der Waals surface area (Å²) in [6, 6.07) is 12.8. The smallest absolute Gasteiger partial charge is 0.362 e. The number of nitrogens with one attached hydrogen (secondary N) is 1. The molecule has 0 saturated heterocycles. The Hall–Kier alpha value is -3.87. The summed E-state index contributed by atoms with van der Waals surface area (Å²) in [6.45, 7) is 1.70. The van der Waals surface area contributed by atoms with Gasteiger partial charge in [-0.25, -0.2) is 9.48 Å². The summed E-state index contributed by atoms with van der Waals surface area (Å²) in [4.78, 5) is 15.7. The number of aromatic nitrogens is 4. The third-order valence-electron chi connectivity index (χ3n) is 4.71. The van der Waals surface area contributed by atoms with Gasteiger partial charge in [-0.3, -0.25) is 0 Å². The Bertz CT molecular complexity index is 1380. The summed E-state index contributed by atoms with van der Waals surface area (Å²) < 4.78 is 6.83. The molecule has 0 amide bonds. The molecule has 0 spiro atoms. The molecule has 132 valence electrons. The van der Waals surface area contributed by atoms with Gasteiger partial charge in [0.25, 0.3) is 0 Å². The number of H-pyrrole nitrogens is 1. The molecule has 0 bridgehead atoms. The van der Waals surface area contributed by atoms with Crippen LogP contribution in [0.25, 0.3) is 38.8 Å². The molecule has 3 aromatic heterocycles. The molecule has 7 heteroatoms. The van der Waals surface area contributed by atoms with Crippen LogP contribution in [0.2, 0.25) is 0 Å². The molecular formula is C20H14N4O3. The van der Waals surface area contributed by atoms with Crippen LogP contribution in [0.3, 0.4) is 0 Å². The van der Waals surface area contributed by atoms with Gasteiger partial charge in [0, 0.05) is 33.6 Å². The first kappa shape index (κ1) is 15.4. The number of fused-ring (bicyclic) bond motifs is 2. The van der Waals surface area contributed by atoms with E-state index >= 15 is 0 Å². The first-order valence-corrected chi connectivity index (χ1v) is 8.37. The van der Waals surface area contributed by atoms with Gasteiger partial charge in [-0.2, -0.15) is 0 Å². The molecule has 0 radical (unpaired) electrons. The van der Waals surface area contributed by atoms with E-state index in [0.717, 1.165) is 16.5 Å². The van der Waals surface area contributed by atoms with Crippen molar-refractivity contribution in [2.24, 2.45) is 0 Å². The predicted molar refractivity (Wildman–Crippen MR) is 101 cm³/mol. The normalized spacial score (nSPS) is 11.4. The van der Waals surface area contributed by atoms with E-state index in [1.165, 1.54) is 4.68 Å². The second-order valence-corrected chi connectivity index (χ2v) is 6.34. The second kappa shape index (κ2) is 5.57. The Labute approximate surface area is 152 Å². The summed E-state index contributed by atoms with van der Waals surface area (Å²) in [6.07, 6.45) is 3.56. The maximum atomic E-state index is 12.5. The van der Waals surface area contributed by atoms with Gasteiger partial charge in [-0.15, -0.1) is 5.10 Å². The lowest BCUT2D eigenvalue weighted by Gasteiger charge is -2.05. The fourth-order valence-electron chi connectivity index (χ4n) is 3.25. The van der Waals surface area contributed by atoms with Crippen LogP contribution < -0.4 is 5.63 Å². The third kappa shape index (κ3) is 2.32. The number of phenolic OH excluding ortho intramolecular Hbond substituents is 1. The lowest BCUT2D eigenvalue weighted by atomic mass is 10.1. The van der Waals surface area contributed by atoms with Crippen molar-refractivity contribution in [3.63, 3.8) is 0 Å². The van der Waals surface area contributed by atoms with E-state index < -0.39 is 5.63 Å². The zero-order valence-corrected chi connectivity index (χ0v) is 14.3. The monoisotopic (exact) mass is 358 g/mol. The van der Waals surface area contributed by atoms with Crippen molar-refractivity contribution >= 4 is 21.9 Å². The van der Waals surface area contributed by atoms with Gasteiger partial charge in [-0.05, 0) is 31.2 Å². The summed E-state index contributed by atoms with van der Waals surface area (Å²) in [5.41, 5.74) is 3.15. The van der Waals surface area contributed by atoms with Crippen molar-refractivity contribution in [3.8, 4) is 22.7 Å². The van der Waals surface area contributed by atoms with Crippen molar-refractivity contribution < 1.29 is 9.52 Å². The van der Waals surface area contributed by atoms with Gasteiger partial charge >= 0.3 is 5.63 Å². The molecule has 27 heavy (non-hydrogen) atoms. The van der Waals surface area contributed by atoms with E-state index in [9.17, 15) is 9.90 Å². The molecule has 0 atom stereocenters. The zero-order valence-electron chi connectivity index (χ0n) is 14.3. The van der Waals surface area contributed by atoms with Crippen molar-refractivity contribution in [2.75, 3.05) is 0 Å². The molecule has 2 aromatic carbocycles. The fraction of sp³-hybridized carbons (Fsp3) is 0.0500. The number of phenols is 1. The molecule has 0 aliphatic carbocycles. The lowest BCUT2D eigenvalue weighted by molar-refractivity contribution is 0.468. The number of rotatable bonds is 2. The van der Waals surface area contributed by atoms with E-state index in [2.05, 4.69) is 15.3 Å². The van der Waals surface area contributed by atoms with Crippen molar-refractivity contribution in [1.82, 2.24) is 20.0 Å². The Balaban J connectivity index is 1.65. The number of para-hydroxylation sites is 1. The maximum Gasteiger partial charge on any atom is 0.362 e. The standard InChI is InChI=1S/C20H14N4O3/c1-11-18(25)7-6-12-8-17(20(26)27-19(11)12)24-10-16(22-23-24)14-9-21-15-5-3-2-4-13(14)15/h2-10,21,25H,1H3. The number of benzene rings is 2. The van der Waals surface area contributed by atoms with Crippen LogP contribution in [-0.4, -0.2) is 25.1 Å². The maximum absolute atomic E-state index is 12.5. The first-order chi connectivity index (χ1) is 13.1. The molecule has 7 nitrogen and oxygen atoms in total. The molecule has 5 rings (SSSR count). The van der Waals surface area contributed by atoms with Crippen LogP contribution >= 0.6 is 0 Å². The fourth-order valence-corrected chi connectivity index (χ4v) is 3.25. The average Bonchev–Trinajstić information content (AvgIpc) is 3.31. The Morgan fingerprint density at radius 2 is 2.04 bits per heavy atom. The number of aromatic amines is 1. The average molecular weight is 358 g/mol. The highest BCUT2D eigenvalue weighted by molar-refractivity contribution is 5.94. The van der Waals surface area contributed by atoms with Gasteiger partial charge in [0.05, 0.1) is 6.20 Å². The molecule has 2 N–H and O–H groups in total. The summed E-state index contributed by atoms with van der Waals surface area (Å²) in [5.74, 6) is 0.0841. The highest BCUT2D eigenvalue weighted by atomic mass is 16.4. The number of aromatic hydroxyl groups is 1. The number of nitrogens with zero attached hydrogens (tertiary/aromatic N) is 3. The molecular weight excluding hydrogens is 344 g/mol. The second-order valence-electron chi connectivity index (χ2n) is 6.34. The highest BCUT2D eigenvalue weighted by Gasteiger charge is 2.15. The van der Waals surface area contributed by atoms with Gasteiger partial charge < -0.3 is 14.5 Å². The summed E-state index contributed by atoms with van der Waals surface area (Å²) in [5, 5.41) is 19.8. The van der Waals surface area contributed by atoms with Crippen LogP contribution in [0.5, 0.6) is 5.75 Å². The van der Waals surface area contributed by atoms with Gasteiger partial charge in [0.2, 0.25) is 0 Å². The summed E-state index contributed by atoms with van der Waals surface area (Å²) >= 11 is 0. The lowest BCUT2D eigenvalue weighted by Crippen LogP contribution is -2.11. The Morgan fingerprint density at radius 1 is 1.19 bits per heavy atom. The van der Waals surface area contributed by atoms with E-state index in [0.29, 0.717) is 22.2 Å². The topological polar surface area (TPSA) is 96.9 Å². The van der Waals surface area contributed by atoms with Crippen LogP contribution in [0.1, 0.15) is 5.56 Å². The van der Waals surface area contributed by atoms with Gasteiger partial charge in [0.1, 0.15) is 17.0 Å². The first-order valence-electron chi connectivity index (χ1n) is 8.37.